The molecule has 2 unspecified atom stereocenters. The molecule has 3 rings (SSSR count). The molecule has 2 saturated carbocycles. The van der Waals surface area contributed by atoms with E-state index in [1.165, 1.54) is 25.6 Å². The summed E-state index contributed by atoms with van der Waals surface area (Å²) in [4.78, 5) is 16.2. The standard InChI is InChI=1S/C14H23N5O.2ClH/c15-11-6-9-2-1-3-10(7-11)14(9)18-13(20)5-4-12-16-8-17-19-12;;/h8-11,14H,1-7,15H2,(H,18,20)(H,16,17,19);2*1H. The first-order valence-electron chi connectivity index (χ1n) is 7.61. The molecule has 1 aromatic heterocycles. The summed E-state index contributed by atoms with van der Waals surface area (Å²) >= 11 is 0. The van der Waals surface area contributed by atoms with Crippen molar-refractivity contribution >= 4 is 30.7 Å². The van der Waals surface area contributed by atoms with E-state index in [9.17, 15) is 4.79 Å². The summed E-state index contributed by atoms with van der Waals surface area (Å²) in [5, 5.41) is 9.82. The molecule has 8 heteroatoms. The van der Waals surface area contributed by atoms with Crippen LogP contribution in [-0.2, 0) is 11.2 Å². The Bertz CT molecular complexity index is 442. The third kappa shape index (κ3) is 4.57. The van der Waals surface area contributed by atoms with Crippen LogP contribution in [0.1, 0.15) is 44.3 Å². The average molecular weight is 350 g/mol. The van der Waals surface area contributed by atoms with E-state index < -0.39 is 0 Å². The molecule has 0 aromatic carbocycles. The van der Waals surface area contributed by atoms with Gasteiger partial charge in [0.15, 0.2) is 0 Å². The highest BCUT2D eigenvalue weighted by atomic mass is 35.5. The van der Waals surface area contributed by atoms with Gasteiger partial charge in [-0.25, -0.2) is 4.98 Å². The number of aromatic nitrogens is 3. The summed E-state index contributed by atoms with van der Waals surface area (Å²) in [6, 6.07) is 0.665. The van der Waals surface area contributed by atoms with E-state index in [1.807, 2.05) is 0 Å². The maximum atomic E-state index is 12.1. The van der Waals surface area contributed by atoms with Crippen molar-refractivity contribution in [1.82, 2.24) is 20.5 Å². The molecule has 2 aliphatic carbocycles. The maximum Gasteiger partial charge on any atom is 0.220 e. The lowest BCUT2D eigenvalue weighted by Crippen LogP contribution is -2.53. The summed E-state index contributed by atoms with van der Waals surface area (Å²) in [6.45, 7) is 0. The van der Waals surface area contributed by atoms with Gasteiger partial charge in [0.05, 0.1) is 0 Å². The number of carbonyl (C=O) groups excluding carboxylic acids is 1. The number of H-pyrrole nitrogens is 1. The van der Waals surface area contributed by atoms with Crippen molar-refractivity contribution in [3.8, 4) is 0 Å². The highest BCUT2D eigenvalue weighted by molar-refractivity contribution is 5.85. The highest BCUT2D eigenvalue weighted by Gasteiger charge is 2.39. The van der Waals surface area contributed by atoms with Gasteiger partial charge in [-0.05, 0) is 37.5 Å². The number of fused-ring (bicyclic) bond motifs is 2. The molecule has 0 radical (unpaired) electrons. The topological polar surface area (TPSA) is 96.7 Å². The van der Waals surface area contributed by atoms with Crippen LogP contribution in [0.15, 0.2) is 6.33 Å². The molecule has 1 heterocycles. The van der Waals surface area contributed by atoms with E-state index in [4.69, 9.17) is 5.73 Å². The molecule has 0 saturated heterocycles. The molecule has 2 fully saturated rings. The number of halogens is 2. The van der Waals surface area contributed by atoms with Gasteiger partial charge >= 0.3 is 0 Å². The molecule has 126 valence electrons. The fourth-order valence-electron chi connectivity index (χ4n) is 3.87. The molecule has 1 aromatic rings. The van der Waals surface area contributed by atoms with Gasteiger partial charge in [0.2, 0.25) is 5.91 Å². The van der Waals surface area contributed by atoms with Crippen LogP contribution in [0, 0.1) is 11.8 Å². The van der Waals surface area contributed by atoms with Gasteiger partial charge < -0.3 is 11.1 Å². The Labute approximate surface area is 143 Å². The number of nitrogens with two attached hydrogens (primary N) is 1. The van der Waals surface area contributed by atoms with E-state index >= 15 is 0 Å². The Hall–Kier alpha value is -0.850. The zero-order valence-corrected chi connectivity index (χ0v) is 14.2. The Morgan fingerprint density at radius 2 is 2.00 bits per heavy atom. The normalized spacial score (nSPS) is 29.9. The molecule has 6 nitrogen and oxygen atoms in total. The Kier molecular flexibility index (Phi) is 7.59. The molecule has 1 amide bonds. The fourth-order valence-corrected chi connectivity index (χ4v) is 3.87. The SMILES string of the molecule is Cl.Cl.NC1CC2CCCC(C1)C2NC(=O)CCc1ncn[nH]1. The van der Waals surface area contributed by atoms with Crippen molar-refractivity contribution in [1.29, 1.82) is 0 Å². The summed E-state index contributed by atoms with van der Waals surface area (Å²) in [7, 11) is 0. The van der Waals surface area contributed by atoms with Crippen LogP contribution in [-0.4, -0.2) is 33.2 Å². The predicted molar refractivity (Wildman–Crippen MR) is 89.2 cm³/mol. The quantitative estimate of drug-likeness (QED) is 0.768. The van der Waals surface area contributed by atoms with Crippen LogP contribution in [0.5, 0.6) is 0 Å². The molecule has 4 N–H and O–H groups in total. The van der Waals surface area contributed by atoms with Crippen molar-refractivity contribution in [3.63, 3.8) is 0 Å². The molecule has 2 bridgehead atoms. The van der Waals surface area contributed by atoms with Gasteiger partial charge in [-0.1, -0.05) is 6.42 Å². The second-order valence-corrected chi connectivity index (χ2v) is 6.21. The number of carbonyl (C=O) groups is 1. The van der Waals surface area contributed by atoms with Gasteiger partial charge in [0.1, 0.15) is 12.2 Å². The zero-order valence-electron chi connectivity index (χ0n) is 12.5. The van der Waals surface area contributed by atoms with Crippen LogP contribution < -0.4 is 11.1 Å². The minimum atomic E-state index is 0. The number of aromatic amines is 1. The number of hydrogen-bond donors (Lipinski definition) is 3. The van der Waals surface area contributed by atoms with Crippen LogP contribution in [0.4, 0.5) is 0 Å². The van der Waals surface area contributed by atoms with Crippen LogP contribution in [0.3, 0.4) is 0 Å². The average Bonchev–Trinajstić information content (AvgIpc) is 2.91. The third-order valence-corrected chi connectivity index (χ3v) is 4.76. The summed E-state index contributed by atoms with van der Waals surface area (Å²) in [6.07, 6.45) is 8.37. The molecule has 0 spiro atoms. The first-order valence-corrected chi connectivity index (χ1v) is 7.61. The van der Waals surface area contributed by atoms with Crippen LogP contribution >= 0.6 is 24.8 Å². The lowest BCUT2D eigenvalue weighted by Gasteiger charge is -2.45. The molecule has 2 aliphatic rings. The smallest absolute Gasteiger partial charge is 0.220 e. The predicted octanol–water partition coefficient (Wildman–Crippen LogP) is 1.60. The monoisotopic (exact) mass is 349 g/mol. The minimum absolute atomic E-state index is 0. The Morgan fingerprint density at radius 1 is 1.32 bits per heavy atom. The lowest BCUT2D eigenvalue weighted by atomic mass is 9.67. The fraction of sp³-hybridized carbons (Fsp3) is 0.786. The first kappa shape index (κ1) is 19.2. The molecular weight excluding hydrogens is 325 g/mol. The van der Waals surface area contributed by atoms with Crippen molar-refractivity contribution in [2.45, 2.75) is 57.0 Å². The van der Waals surface area contributed by atoms with E-state index in [1.54, 1.807) is 0 Å². The number of aryl methyl sites for hydroxylation is 1. The number of nitrogens with one attached hydrogen (secondary N) is 2. The highest BCUT2D eigenvalue weighted by Crippen LogP contribution is 2.39. The van der Waals surface area contributed by atoms with Gasteiger partial charge in [-0.2, -0.15) is 5.10 Å². The summed E-state index contributed by atoms with van der Waals surface area (Å²) in [5.41, 5.74) is 6.11. The molecule has 2 atom stereocenters. The van der Waals surface area contributed by atoms with Crippen LogP contribution in [0.2, 0.25) is 0 Å². The van der Waals surface area contributed by atoms with E-state index in [0.29, 0.717) is 36.8 Å². The van der Waals surface area contributed by atoms with Crippen molar-refractivity contribution in [2.24, 2.45) is 17.6 Å². The summed E-state index contributed by atoms with van der Waals surface area (Å²) in [5.74, 6) is 2.04. The molecule has 22 heavy (non-hydrogen) atoms. The largest absolute Gasteiger partial charge is 0.353 e. The van der Waals surface area contributed by atoms with E-state index in [-0.39, 0.29) is 30.7 Å². The lowest BCUT2D eigenvalue weighted by molar-refractivity contribution is -0.123. The Balaban J connectivity index is 0.00000121. The second-order valence-electron chi connectivity index (χ2n) is 6.21. The van der Waals surface area contributed by atoms with Crippen LogP contribution in [0.25, 0.3) is 0 Å². The first-order chi connectivity index (χ1) is 9.72. The van der Waals surface area contributed by atoms with Gasteiger partial charge in [0, 0.05) is 24.9 Å². The number of rotatable bonds is 4. The van der Waals surface area contributed by atoms with E-state index in [2.05, 4.69) is 20.5 Å². The van der Waals surface area contributed by atoms with Crippen molar-refractivity contribution in [2.75, 3.05) is 0 Å². The molecular formula is C14H25Cl2N5O. The second kappa shape index (κ2) is 8.70. The number of hydrogen-bond acceptors (Lipinski definition) is 4. The van der Waals surface area contributed by atoms with E-state index in [0.717, 1.165) is 18.7 Å². The maximum absolute atomic E-state index is 12.1. The third-order valence-electron chi connectivity index (χ3n) is 4.76. The van der Waals surface area contributed by atoms with Gasteiger partial charge in [0.25, 0.3) is 0 Å². The van der Waals surface area contributed by atoms with Gasteiger partial charge in [-0.3, -0.25) is 9.89 Å². The molecule has 0 aliphatic heterocycles. The zero-order chi connectivity index (χ0) is 13.9. The minimum Gasteiger partial charge on any atom is -0.353 e. The Morgan fingerprint density at radius 3 is 2.59 bits per heavy atom. The summed E-state index contributed by atoms with van der Waals surface area (Å²) < 4.78 is 0. The van der Waals surface area contributed by atoms with Crippen molar-refractivity contribution < 1.29 is 4.79 Å². The number of nitrogens with zero attached hydrogens (tertiary/aromatic N) is 2. The van der Waals surface area contributed by atoms with Gasteiger partial charge in [-0.15, -0.1) is 24.8 Å². The number of amides is 1. The van der Waals surface area contributed by atoms with Crippen molar-refractivity contribution in [3.05, 3.63) is 12.2 Å².